The maximum absolute atomic E-state index is 12.7. The quantitative estimate of drug-likeness (QED) is 0.613. The summed E-state index contributed by atoms with van der Waals surface area (Å²) < 4.78 is 0. The average Bonchev–Trinajstić information content (AvgIpc) is 2.71. The van der Waals surface area contributed by atoms with E-state index >= 15 is 0 Å². The summed E-state index contributed by atoms with van der Waals surface area (Å²) in [6.07, 6.45) is 0.857. The number of rotatable bonds is 6. The van der Waals surface area contributed by atoms with E-state index in [1.165, 1.54) is 0 Å². The molecule has 3 unspecified atom stereocenters. The summed E-state index contributed by atoms with van der Waals surface area (Å²) in [6.45, 7) is 6.42. The number of hydrogen-bond donors (Lipinski definition) is 1. The van der Waals surface area contributed by atoms with E-state index in [2.05, 4.69) is 11.8 Å². The predicted molar refractivity (Wildman–Crippen MR) is 129 cm³/mol. The van der Waals surface area contributed by atoms with Crippen molar-refractivity contribution in [3.8, 4) is 0 Å². The van der Waals surface area contributed by atoms with Crippen LogP contribution in [0.15, 0.2) is 54.6 Å². The number of anilines is 1. The van der Waals surface area contributed by atoms with Gasteiger partial charge in [0.05, 0.1) is 6.10 Å². The molecule has 4 nitrogen and oxygen atoms in total. The third-order valence-electron chi connectivity index (χ3n) is 5.57. The van der Waals surface area contributed by atoms with E-state index in [9.17, 15) is 9.90 Å². The highest BCUT2D eigenvalue weighted by atomic mass is 35.5. The Hall–Kier alpha value is -1.30. The molecule has 1 fully saturated rings. The zero-order valence-corrected chi connectivity index (χ0v) is 19.8. The van der Waals surface area contributed by atoms with Crippen molar-refractivity contribution in [1.82, 2.24) is 4.90 Å². The molecule has 30 heavy (non-hydrogen) atoms. The second-order valence-electron chi connectivity index (χ2n) is 7.61. The van der Waals surface area contributed by atoms with Gasteiger partial charge in [-0.05, 0) is 42.2 Å². The Morgan fingerprint density at radius 2 is 1.80 bits per heavy atom. The van der Waals surface area contributed by atoms with E-state index in [1.54, 1.807) is 0 Å². The molecule has 3 rings (SSSR count). The Kier molecular flexibility index (Phi) is 11.2. The van der Waals surface area contributed by atoms with Crippen molar-refractivity contribution in [3.05, 3.63) is 65.2 Å². The first kappa shape index (κ1) is 26.7. The van der Waals surface area contributed by atoms with Crippen molar-refractivity contribution in [3.63, 3.8) is 0 Å². The van der Waals surface area contributed by atoms with Crippen molar-refractivity contribution >= 4 is 48.0 Å². The topological polar surface area (TPSA) is 43.8 Å². The van der Waals surface area contributed by atoms with Gasteiger partial charge in [0.2, 0.25) is 5.91 Å². The molecule has 0 radical (unpaired) electrons. The molecule has 1 aliphatic heterocycles. The van der Waals surface area contributed by atoms with E-state index < -0.39 is 6.10 Å². The molecular weight excluding hydrogens is 443 g/mol. The van der Waals surface area contributed by atoms with Crippen molar-refractivity contribution < 1.29 is 9.90 Å². The number of halogens is 3. The maximum atomic E-state index is 12.7. The van der Waals surface area contributed by atoms with E-state index in [1.807, 2.05) is 66.4 Å². The number of benzene rings is 2. The van der Waals surface area contributed by atoms with Gasteiger partial charge in [-0.15, -0.1) is 24.8 Å². The van der Waals surface area contributed by atoms with Gasteiger partial charge in [-0.1, -0.05) is 55.8 Å². The summed E-state index contributed by atoms with van der Waals surface area (Å²) in [5.41, 5.74) is 1.85. The number of para-hydroxylation sites is 1. The molecule has 0 bridgehead atoms. The number of hydrogen-bond acceptors (Lipinski definition) is 3. The zero-order chi connectivity index (χ0) is 20.1. The van der Waals surface area contributed by atoms with Crippen LogP contribution >= 0.6 is 36.4 Å². The van der Waals surface area contributed by atoms with Crippen LogP contribution < -0.4 is 4.90 Å². The van der Waals surface area contributed by atoms with Crippen LogP contribution in [-0.2, 0) is 4.79 Å². The predicted octanol–water partition coefficient (Wildman–Crippen LogP) is 5.37. The minimum atomic E-state index is -0.538. The molecule has 0 aliphatic carbocycles. The smallest absolute Gasteiger partial charge is 0.226 e. The van der Waals surface area contributed by atoms with Crippen LogP contribution in [0.25, 0.3) is 0 Å². The fourth-order valence-corrected chi connectivity index (χ4v) is 4.21. The lowest BCUT2D eigenvalue weighted by Crippen LogP contribution is -2.52. The monoisotopic (exact) mass is 472 g/mol. The second-order valence-corrected chi connectivity index (χ2v) is 8.05. The molecule has 1 aliphatic rings. The van der Waals surface area contributed by atoms with Gasteiger partial charge < -0.3 is 10.0 Å². The lowest BCUT2D eigenvalue weighted by Gasteiger charge is -2.43. The summed E-state index contributed by atoms with van der Waals surface area (Å²) in [4.78, 5) is 17.0. The van der Waals surface area contributed by atoms with Gasteiger partial charge in [0.25, 0.3) is 0 Å². The molecule has 1 N–H and O–H groups in total. The van der Waals surface area contributed by atoms with Crippen LogP contribution in [0.1, 0.15) is 38.4 Å². The van der Waals surface area contributed by atoms with E-state index in [4.69, 9.17) is 11.6 Å². The van der Waals surface area contributed by atoms with Crippen molar-refractivity contribution in [2.45, 2.75) is 38.8 Å². The Bertz CT molecular complexity index is 774. The van der Waals surface area contributed by atoms with Crippen LogP contribution in [-0.4, -0.2) is 41.6 Å². The Morgan fingerprint density at radius 3 is 2.37 bits per heavy atom. The first-order valence-corrected chi connectivity index (χ1v) is 10.4. The summed E-state index contributed by atoms with van der Waals surface area (Å²) in [5.74, 6) is 0.486. The number of carbonyl (C=O) groups is 1. The number of carbonyl (C=O) groups excluding carboxylic acids is 1. The molecule has 0 spiro atoms. The number of aliphatic hydroxyl groups is 1. The zero-order valence-electron chi connectivity index (χ0n) is 17.4. The van der Waals surface area contributed by atoms with Gasteiger partial charge in [0, 0.05) is 42.8 Å². The highest BCUT2D eigenvalue weighted by Crippen LogP contribution is 2.29. The number of piperidine rings is 1. The molecular formula is C23H31Cl3N2O2. The third-order valence-corrected chi connectivity index (χ3v) is 5.82. The van der Waals surface area contributed by atoms with Gasteiger partial charge >= 0.3 is 0 Å². The normalized spacial score (nSPS) is 19.9. The van der Waals surface area contributed by atoms with Crippen LogP contribution in [0, 0.1) is 5.92 Å². The highest BCUT2D eigenvalue weighted by molar-refractivity contribution is 6.30. The van der Waals surface area contributed by atoms with Crippen molar-refractivity contribution in [2.24, 2.45) is 5.92 Å². The summed E-state index contributed by atoms with van der Waals surface area (Å²) in [7, 11) is 0. The molecule has 2 aromatic carbocycles. The standard InChI is InChI=1S/C23H29ClN2O2.2ClH/c1-3-23(28)26(20-7-5-4-6-8-20)21-13-14-25(15-17(21)2)16-22(27)18-9-11-19(24)12-10-18;;/h4-12,17,21-22,27H,3,13-16H2,1-2H3;2*1H. The van der Waals surface area contributed by atoms with Crippen molar-refractivity contribution in [1.29, 1.82) is 0 Å². The average molecular weight is 474 g/mol. The summed E-state index contributed by atoms with van der Waals surface area (Å²) >= 11 is 5.94. The molecule has 7 heteroatoms. The first-order valence-electron chi connectivity index (χ1n) is 10.0. The summed E-state index contributed by atoms with van der Waals surface area (Å²) in [6, 6.07) is 17.5. The Balaban J connectivity index is 0.00000225. The Morgan fingerprint density at radius 1 is 1.17 bits per heavy atom. The first-order chi connectivity index (χ1) is 13.5. The van der Waals surface area contributed by atoms with Gasteiger partial charge in [0.1, 0.15) is 0 Å². The van der Waals surface area contributed by atoms with Crippen LogP contribution in [0.2, 0.25) is 5.02 Å². The largest absolute Gasteiger partial charge is 0.387 e. The molecule has 1 heterocycles. The molecule has 0 aromatic heterocycles. The molecule has 2 aromatic rings. The molecule has 166 valence electrons. The molecule has 0 saturated carbocycles. The molecule has 1 amide bonds. The number of likely N-dealkylation sites (tertiary alicyclic amines) is 1. The van der Waals surface area contributed by atoms with E-state index in [0.29, 0.717) is 23.9 Å². The Labute approximate surface area is 197 Å². The van der Waals surface area contributed by atoms with Crippen molar-refractivity contribution in [2.75, 3.05) is 24.5 Å². The minimum Gasteiger partial charge on any atom is -0.387 e. The fourth-order valence-electron chi connectivity index (χ4n) is 4.08. The number of β-amino-alcohol motifs (C(OH)–C–C–N with tert-alkyl or cyclic N) is 1. The van der Waals surface area contributed by atoms with E-state index in [0.717, 1.165) is 30.8 Å². The van der Waals surface area contributed by atoms with Crippen LogP contribution in [0.5, 0.6) is 0 Å². The SMILES string of the molecule is CCC(=O)N(c1ccccc1)C1CCN(CC(O)c2ccc(Cl)cc2)CC1C.Cl.Cl. The number of amides is 1. The van der Waals surface area contributed by atoms with Gasteiger partial charge in [-0.3, -0.25) is 9.69 Å². The highest BCUT2D eigenvalue weighted by Gasteiger charge is 2.34. The van der Waals surface area contributed by atoms with Gasteiger partial charge in [0.15, 0.2) is 0 Å². The lowest BCUT2D eigenvalue weighted by atomic mass is 9.91. The van der Waals surface area contributed by atoms with Gasteiger partial charge in [-0.2, -0.15) is 0 Å². The van der Waals surface area contributed by atoms with Crippen LogP contribution in [0.3, 0.4) is 0 Å². The van der Waals surface area contributed by atoms with Crippen LogP contribution in [0.4, 0.5) is 5.69 Å². The fraction of sp³-hybridized carbons (Fsp3) is 0.435. The summed E-state index contributed by atoms with van der Waals surface area (Å²) in [5, 5.41) is 11.3. The number of aliphatic hydroxyl groups excluding tert-OH is 1. The van der Waals surface area contributed by atoms with Gasteiger partial charge in [-0.25, -0.2) is 0 Å². The number of nitrogens with zero attached hydrogens (tertiary/aromatic N) is 2. The minimum absolute atomic E-state index is 0. The molecule has 3 atom stereocenters. The second kappa shape index (κ2) is 12.5. The van der Waals surface area contributed by atoms with E-state index in [-0.39, 0.29) is 36.8 Å². The lowest BCUT2D eigenvalue weighted by molar-refractivity contribution is -0.119. The molecule has 1 saturated heterocycles. The maximum Gasteiger partial charge on any atom is 0.226 e. The third kappa shape index (κ3) is 6.60.